The van der Waals surface area contributed by atoms with Crippen LogP contribution in [0.1, 0.15) is 18.1 Å². The lowest BCUT2D eigenvalue weighted by Crippen LogP contribution is -2.11. The molecule has 3 nitrogen and oxygen atoms in total. The summed E-state index contributed by atoms with van der Waals surface area (Å²) in [4.78, 5) is 11.4. The molecule has 0 radical (unpaired) electrons. The van der Waals surface area contributed by atoms with Crippen LogP contribution in [0, 0.1) is 0 Å². The van der Waals surface area contributed by atoms with Gasteiger partial charge in [-0.1, -0.05) is 27.5 Å². The molecular weight excluding hydrogens is 345 g/mol. The quantitative estimate of drug-likeness (QED) is 0.571. The van der Waals surface area contributed by atoms with Crippen LogP contribution in [0.25, 0.3) is 0 Å². The Labute approximate surface area is 123 Å². The van der Waals surface area contributed by atoms with Gasteiger partial charge in [0.1, 0.15) is 5.75 Å². The van der Waals surface area contributed by atoms with Gasteiger partial charge in [0.15, 0.2) is 0 Å². The Bertz CT molecular complexity index is 455. The van der Waals surface area contributed by atoms with E-state index in [9.17, 15) is 13.6 Å². The smallest absolute Gasteiger partial charge is 0.387 e. The van der Waals surface area contributed by atoms with Crippen LogP contribution in [-0.4, -0.2) is 19.2 Å². The SMILES string of the molecule is CCOC(=O)Cc1cc(CBr)c(Cl)cc1OC(F)F. The van der Waals surface area contributed by atoms with Gasteiger partial charge in [-0.05, 0) is 24.6 Å². The predicted octanol–water partition coefficient (Wildman–Crippen LogP) is 3.94. The minimum Gasteiger partial charge on any atom is -0.466 e. The average molecular weight is 358 g/mol. The second-order valence-corrected chi connectivity index (χ2v) is 4.51. The number of alkyl halides is 3. The highest BCUT2D eigenvalue weighted by molar-refractivity contribution is 9.08. The fraction of sp³-hybridized carbons (Fsp3) is 0.417. The molecule has 0 saturated carbocycles. The molecule has 0 aliphatic rings. The zero-order valence-corrected chi connectivity index (χ0v) is 12.4. The third-order valence-corrected chi connectivity index (χ3v) is 3.19. The Hall–Kier alpha value is -0.880. The van der Waals surface area contributed by atoms with Crippen molar-refractivity contribution >= 4 is 33.5 Å². The van der Waals surface area contributed by atoms with Gasteiger partial charge >= 0.3 is 12.6 Å². The topological polar surface area (TPSA) is 35.5 Å². The number of rotatable bonds is 6. The minimum atomic E-state index is -2.98. The highest BCUT2D eigenvalue weighted by Gasteiger charge is 2.16. The molecule has 19 heavy (non-hydrogen) atoms. The van der Waals surface area contributed by atoms with E-state index in [-0.39, 0.29) is 18.8 Å². The van der Waals surface area contributed by atoms with Gasteiger partial charge in [0, 0.05) is 15.9 Å². The lowest BCUT2D eigenvalue weighted by molar-refractivity contribution is -0.142. The van der Waals surface area contributed by atoms with Crippen molar-refractivity contribution in [1.29, 1.82) is 0 Å². The molecule has 0 atom stereocenters. The van der Waals surface area contributed by atoms with Crippen LogP contribution in [0.3, 0.4) is 0 Å². The molecule has 1 aromatic carbocycles. The standard InChI is InChI=1S/C12H12BrClF2O3/c1-2-18-11(17)4-7-3-8(6-13)9(14)5-10(7)19-12(15)16/h3,5,12H,2,4,6H2,1H3. The van der Waals surface area contributed by atoms with Crippen molar-refractivity contribution < 1.29 is 23.0 Å². The van der Waals surface area contributed by atoms with Crippen molar-refractivity contribution in [2.75, 3.05) is 6.61 Å². The summed E-state index contributed by atoms with van der Waals surface area (Å²) in [5, 5.41) is 0.733. The molecule has 0 heterocycles. The van der Waals surface area contributed by atoms with Gasteiger partial charge in [-0.3, -0.25) is 4.79 Å². The number of hydrogen-bond acceptors (Lipinski definition) is 3. The Balaban J connectivity index is 3.06. The lowest BCUT2D eigenvalue weighted by Gasteiger charge is -2.13. The van der Waals surface area contributed by atoms with Crippen molar-refractivity contribution in [3.63, 3.8) is 0 Å². The lowest BCUT2D eigenvalue weighted by atomic mass is 10.1. The maximum atomic E-state index is 12.3. The summed E-state index contributed by atoms with van der Waals surface area (Å²) < 4.78 is 33.8. The summed E-state index contributed by atoms with van der Waals surface area (Å²) in [7, 11) is 0. The molecule has 0 fully saturated rings. The van der Waals surface area contributed by atoms with Gasteiger partial charge in [0.05, 0.1) is 13.0 Å². The summed E-state index contributed by atoms with van der Waals surface area (Å²) in [6, 6.07) is 2.82. The van der Waals surface area contributed by atoms with Crippen LogP contribution < -0.4 is 4.74 Å². The van der Waals surface area contributed by atoms with E-state index in [1.807, 2.05) is 0 Å². The molecule has 0 bridgehead atoms. The largest absolute Gasteiger partial charge is 0.466 e. The Morgan fingerprint density at radius 2 is 2.11 bits per heavy atom. The Kier molecular flexibility index (Phi) is 6.51. The molecule has 0 unspecified atom stereocenters. The summed E-state index contributed by atoms with van der Waals surface area (Å²) in [5.41, 5.74) is 1.00. The number of halogens is 4. The Morgan fingerprint density at radius 3 is 2.63 bits per heavy atom. The molecule has 0 N–H and O–H groups in total. The third kappa shape index (κ3) is 4.95. The average Bonchev–Trinajstić information content (AvgIpc) is 2.32. The fourth-order valence-corrected chi connectivity index (χ4v) is 2.31. The van der Waals surface area contributed by atoms with Gasteiger partial charge in [0.25, 0.3) is 0 Å². The first kappa shape index (κ1) is 16.2. The molecule has 0 aliphatic heterocycles. The zero-order valence-electron chi connectivity index (χ0n) is 10.1. The molecule has 1 rings (SSSR count). The van der Waals surface area contributed by atoms with Crippen molar-refractivity contribution in [3.05, 3.63) is 28.3 Å². The van der Waals surface area contributed by atoms with Crippen LogP contribution >= 0.6 is 27.5 Å². The fourth-order valence-electron chi connectivity index (χ4n) is 1.46. The summed E-state index contributed by atoms with van der Waals surface area (Å²) in [6.45, 7) is -1.09. The molecule has 0 aliphatic carbocycles. The van der Waals surface area contributed by atoms with E-state index >= 15 is 0 Å². The summed E-state index contributed by atoms with van der Waals surface area (Å²) in [6.07, 6.45) is -0.146. The number of ether oxygens (including phenoxy) is 2. The van der Waals surface area contributed by atoms with Crippen LogP contribution in [0.2, 0.25) is 5.02 Å². The van der Waals surface area contributed by atoms with E-state index < -0.39 is 12.6 Å². The van der Waals surface area contributed by atoms with Gasteiger partial charge in [0.2, 0.25) is 0 Å². The van der Waals surface area contributed by atoms with Crippen LogP contribution in [0.15, 0.2) is 12.1 Å². The maximum absolute atomic E-state index is 12.3. The van der Waals surface area contributed by atoms with E-state index in [2.05, 4.69) is 20.7 Å². The second kappa shape index (κ2) is 7.65. The van der Waals surface area contributed by atoms with E-state index in [0.29, 0.717) is 21.5 Å². The van der Waals surface area contributed by atoms with Gasteiger partial charge < -0.3 is 9.47 Å². The van der Waals surface area contributed by atoms with Crippen molar-refractivity contribution in [1.82, 2.24) is 0 Å². The van der Waals surface area contributed by atoms with Crippen LogP contribution in [0.4, 0.5) is 8.78 Å². The normalized spacial score (nSPS) is 10.6. The van der Waals surface area contributed by atoms with Crippen LogP contribution in [-0.2, 0) is 21.3 Å². The van der Waals surface area contributed by atoms with Gasteiger partial charge in [-0.2, -0.15) is 8.78 Å². The first-order valence-corrected chi connectivity index (χ1v) is 6.95. The van der Waals surface area contributed by atoms with Crippen molar-refractivity contribution in [2.45, 2.75) is 25.3 Å². The third-order valence-electron chi connectivity index (χ3n) is 2.23. The number of hydrogen-bond donors (Lipinski definition) is 0. The molecule has 0 aromatic heterocycles. The molecule has 7 heteroatoms. The number of carbonyl (C=O) groups is 1. The molecule has 0 saturated heterocycles. The highest BCUT2D eigenvalue weighted by Crippen LogP contribution is 2.30. The first-order valence-electron chi connectivity index (χ1n) is 5.45. The minimum absolute atomic E-state index is 0.113. The van der Waals surface area contributed by atoms with Gasteiger partial charge in [-0.15, -0.1) is 0 Å². The molecule has 0 spiro atoms. The summed E-state index contributed by atoms with van der Waals surface area (Å²) in [5.74, 6) is -0.623. The van der Waals surface area contributed by atoms with E-state index in [1.54, 1.807) is 13.0 Å². The maximum Gasteiger partial charge on any atom is 0.387 e. The number of esters is 1. The molecular formula is C12H12BrClF2O3. The van der Waals surface area contributed by atoms with Crippen LogP contribution in [0.5, 0.6) is 5.75 Å². The number of carbonyl (C=O) groups excluding carboxylic acids is 1. The highest BCUT2D eigenvalue weighted by atomic mass is 79.9. The first-order chi connectivity index (χ1) is 8.97. The molecule has 0 amide bonds. The van der Waals surface area contributed by atoms with E-state index in [1.165, 1.54) is 6.07 Å². The van der Waals surface area contributed by atoms with E-state index in [4.69, 9.17) is 16.3 Å². The second-order valence-electron chi connectivity index (χ2n) is 3.55. The molecule has 1 aromatic rings. The predicted molar refractivity (Wildman–Crippen MR) is 71.1 cm³/mol. The Morgan fingerprint density at radius 1 is 1.42 bits per heavy atom. The van der Waals surface area contributed by atoms with Crippen molar-refractivity contribution in [3.8, 4) is 5.75 Å². The monoisotopic (exact) mass is 356 g/mol. The number of benzene rings is 1. The van der Waals surface area contributed by atoms with Gasteiger partial charge in [-0.25, -0.2) is 0 Å². The molecule has 106 valence electrons. The van der Waals surface area contributed by atoms with Crippen molar-refractivity contribution in [2.24, 2.45) is 0 Å². The zero-order chi connectivity index (χ0) is 14.4. The van der Waals surface area contributed by atoms with E-state index in [0.717, 1.165) is 0 Å². The summed E-state index contributed by atoms with van der Waals surface area (Å²) >= 11 is 9.14.